The average molecular weight is 267 g/mol. The quantitative estimate of drug-likeness (QED) is 0.661. The minimum atomic E-state index is 0.532. The first-order chi connectivity index (χ1) is 9.31. The fraction of sp³-hybridized carbons (Fsp3) is 0.600. The summed E-state index contributed by atoms with van der Waals surface area (Å²) in [6.07, 6.45) is 1.14. The Morgan fingerprint density at radius 2 is 1.89 bits per heavy atom. The molecule has 0 bridgehead atoms. The van der Waals surface area contributed by atoms with E-state index in [9.17, 15) is 0 Å². The number of methoxy groups -OCH3 is 1. The van der Waals surface area contributed by atoms with E-state index >= 15 is 0 Å². The summed E-state index contributed by atoms with van der Waals surface area (Å²) in [6, 6.07) is 6.06. The molecule has 4 nitrogen and oxygen atoms in total. The molecular weight excluding hydrogens is 242 g/mol. The van der Waals surface area contributed by atoms with Gasteiger partial charge in [0.05, 0.1) is 13.2 Å². The fourth-order valence-corrected chi connectivity index (χ4v) is 1.69. The molecule has 0 saturated heterocycles. The Kier molecular flexibility index (Phi) is 8.02. The summed E-state index contributed by atoms with van der Waals surface area (Å²) in [7, 11) is 1.66. The standard InChI is InChI=1S/C15H25NO3/c1-4-8-16-12-13-6-7-14(19-10-9-17-3)15(11-13)18-5-2/h6-7,11,16H,4-5,8-10,12H2,1-3H3. The van der Waals surface area contributed by atoms with E-state index in [4.69, 9.17) is 14.2 Å². The van der Waals surface area contributed by atoms with Crippen LogP contribution in [0.1, 0.15) is 25.8 Å². The number of rotatable bonds is 10. The van der Waals surface area contributed by atoms with Crippen LogP contribution < -0.4 is 14.8 Å². The molecule has 1 N–H and O–H groups in total. The molecule has 1 aromatic rings. The Morgan fingerprint density at radius 3 is 2.58 bits per heavy atom. The van der Waals surface area contributed by atoms with Crippen LogP contribution in [0.2, 0.25) is 0 Å². The van der Waals surface area contributed by atoms with E-state index in [1.807, 2.05) is 19.1 Å². The molecule has 0 aliphatic heterocycles. The molecule has 0 fully saturated rings. The van der Waals surface area contributed by atoms with Gasteiger partial charge in [-0.05, 0) is 37.6 Å². The SMILES string of the molecule is CCCNCc1ccc(OCCOC)c(OCC)c1. The van der Waals surface area contributed by atoms with Crippen molar-refractivity contribution in [3.63, 3.8) is 0 Å². The minimum Gasteiger partial charge on any atom is -0.490 e. The van der Waals surface area contributed by atoms with E-state index in [-0.39, 0.29) is 0 Å². The van der Waals surface area contributed by atoms with Crippen molar-refractivity contribution >= 4 is 0 Å². The molecule has 0 amide bonds. The molecule has 4 heteroatoms. The van der Waals surface area contributed by atoms with Gasteiger partial charge in [-0.15, -0.1) is 0 Å². The van der Waals surface area contributed by atoms with E-state index in [1.165, 1.54) is 5.56 Å². The molecule has 0 atom stereocenters. The first-order valence-electron chi connectivity index (χ1n) is 6.90. The Balaban J connectivity index is 2.64. The third kappa shape index (κ3) is 5.94. The summed E-state index contributed by atoms with van der Waals surface area (Å²) >= 11 is 0. The highest BCUT2D eigenvalue weighted by Crippen LogP contribution is 2.28. The highest BCUT2D eigenvalue weighted by molar-refractivity contribution is 5.43. The highest BCUT2D eigenvalue weighted by Gasteiger charge is 2.06. The van der Waals surface area contributed by atoms with Gasteiger partial charge in [-0.3, -0.25) is 0 Å². The van der Waals surface area contributed by atoms with Crippen LogP contribution in [-0.4, -0.2) is 33.5 Å². The van der Waals surface area contributed by atoms with Crippen LogP contribution in [0.5, 0.6) is 11.5 Å². The van der Waals surface area contributed by atoms with Crippen LogP contribution in [-0.2, 0) is 11.3 Å². The predicted molar refractivity (Wildman–Crippen MR) is 77.0 cm³/mol. The smallest absolute Gasteiger partial charge is 0.161 e. The summed E-state index contributed by atoms with van der Waals surface area (Å²) in [5.41, 5.74) is 1.20. The van der Waals surface area contributed by atoms with E-state index in [2.05, 4.69) is 18.3 Å². The lowest BCUT2D eigenvalue weighted by Gasteiger charge is -2.13. The molecule has 0 saturated carbocycles. The maximum Gasteiger partial charge on any atom is 0.161 e. The minimum absolute atomic E-state index is 0.532. The molecule has 0 aromatic heterocycles. The van der Waals surface area contributed by atoms with Crippen molar-refractivity contribution in [1.29, 1.82) is 0 Å². The van der Waals surface area contributed by atoms with Crippen molar-refractivity contribution in [2.75, 3.05) is 33.5 Å². The normalized spacial score (nSPS) is 10.5. The zero-order valence-electron chi connectivity index (χ0n) is 12.2. The zero-order valence-corrected chi connectivity index (χ0v) is 12.2. The molecule has 19 heavy (non-hydrogen) atoms. The molecule has 0 spiro atoms. The zero-order chi connectivity index (χ0) is 13.9. The fourth-order valence-electron chi connectivity index (χ4n) is 1.69. The van der Waals surface area contributed by atoms with Gasteiger partial charge >= 0.3 is 0 Å². The average Bonchev–Trinajstić information content (AvgIpc) is 2.42. The summed E-state index contributed by atoms with van der Waals surface area (Å²) in [5, 5.41) is 3.38. The number of hydrogen-bond acceptors (Lipinski definition) is 4. The van der Waals surface area contributed by atoms with Crippen molar-refractivity contribution in [2.45, 2.75) is 26.8 Å². The van der Waals surface area contributed by atoms with Gasteiger partial charge in [0.15, 0.2) is 11.5 Å². The Bertz CT molecular complexity index is 355. The third-order valence-electron chi connectivity index (χ3n) is 2.61. The number of nitrogens with one attached hydrogen (secondary N) is 1. The second-order valence-electron chi connectivity index (χ2n) is 4.23. The molecule has 0 unspecified atom stereocenters. The molecule has 0 radical (unpaired) electrons. The van der Waals surface area contributed by atoms with Gasteiger partial charge in [0, 0.05) is 13.7 Å². The highest BCUT2D eigenvalue weighted by atomic mass is 16.5. The van der Waals surface area contributed by atoms with Crippen LogP contribution in [0.25, 0.3) is 0 Å². The number of benzene rings is 1. The third-order valence-corrected chi connectivity index (χ3v) is 2.61. The van der Waals surface area contributed by atoms with Crippen LogP contribution in [0.4, 0.5) is 0 Å². The van der Waals surface area contributed by atoms with E-state index < -0.39 is 0 Å². The van der Waals surface area contributed by atoms with Crippen molar-refractivity contribution in [2.24, 2.45) is 0 Å². The van der Waals surface area contributed by atoms with Crippen LogP contribution in [0.15, 0.2) is 18.2 Å². The Hall–Kier alpha value is -1.26. The predicted octanol–water partition coefficient (Wildman–Crippen LogP) is 2.61. The second-order valence-corrected chi connectivity index (χ2v) is 4.23. The van der Waals surface area contributed by atoms with Gasteiger partial charge in [0.25, 0.3) is 0 Å². The maximum atomic E-state index is 5.64. The molecule has 0 aliphatic rings. The number of ether oxygens (including phenoxy) is 3. The topological polar surface area (TPSA) is 39.7 Å². The molecule has 1 rings (SSSR count). The number of hydrogen-bond donors (Lipinski definition) is 1. The lowest BCUT2D eigenvalue weighted by atomic mass is 10.2. The van der Waals surface area contributed by atoms with Crippen LogP contribution >= 0.6 is 0 Å². The first kappa shape index (κ1) is 15.8. The molecule has 108 valence electrons. The largest absolute Gasteiger partial charge is 0.490 e. The van der Waals surface area contributed by atoms with Crippen LogP contribution in [0, 0.1) is 0 Å². The summed E-state index contributed by atoms with van der Waals surface area (Å²) in [4.78, 5) is 0. The van der Waals surface area contributed by atoms with E-state index in [1.54, 1.807) is 7.11 Å². The lowest BCUT2D eigenvalue weighted by molar-refractivity contribution is 0.143. The van der Waals surface area contributed by atoms with E-state index in [0.717, 1.165) is 31.0 Å². The lowest BCUT2D eigenvalue weighted by Crippen LogP contribution is -2.14. The summed E-state index contributed by atoms with van der Waals surface area (Å²) in [6.45, 7) is 7.75. The van der Waals surface area contributed by atoms with Crippen molar-refractivity contribution in [3.8, 4) is 11.5 Å². The van der Waals surface area contributed by atoms with Gasteiger partial charge in [-0.2, -0.15) is 0 Å². The Labute approximate surface area is 116 Å². The van der Waals surface area contributed by atoms with Gasteiger partial charge in [-0.25, -0.2) is 0 Å². The van der Waals surface area contributed by atoms with Crippen molar-refractivity contribution in [1.82, 2.24) is 5.32 Å². The van der Waals surface area contributed by atoms with Gasteiger partial charge < -0.3 is 19.5 Å². The van der Waals surface area contributed by atoms with Crippen LogP contribution in [0.3, 0.4) is 0 Å². The van der Waals surface area contributed by atoms with Gasteiger partial charge in [0.1, 0.15) is 6.61 Å². The van der Waals surface area contributed by atoms with Gasteiger partial charge in [0.2, 0.25) is 0 Å². The molecule has 0 heterocycles. The summed E-state index contributed by atoms with van der Waals surface area (Å²) < 4.78 is 16.2. The second kappa shape index (κ2) is 9.64. The van der Waals surface area contributed by atoms with E-state index in [0.29, 0.717) is 19.8 Å². The molecular formula is C15H25NO3. The monoisotopic (exact) mass is 267 g/mol. The summed E-state index contributed by atoms with van der Waals surface area (Å²) in [5.74, 6) is 1.58. The molecule has 0 aliphatic carbocycles. The van der Waals surface area contributed by atoms with Gasteiger partial charge in [-0.1, -0.05) is 13.0 Å². The van der Waals surface area contributed by atoms with Crippen molar-refractivity contribution < 1.29 is 14.2 Å². The Morgan fingerprint density at radius 1 is 1.05 bits per heavy atom. The first-order valence-corrected chi connectivity index (χ1v) is 6.90. The maximum absolute atomic E-state index is 5.64. The van der Waals surface area contributed by atoms with Crippen molar-refractivity contribution in [3.05, 3.63) is 23.8 Å². The molecule has 1 aromatic carbocycles.